The van der Waals surface area contributed by atoms with Crippen LogP contribution < -0.4 is 5.32 Å². The number of para-hydroxylation sites is 1. The van der Waals surface area contributed by atoms with Crippen molar-refractivity contribution in [1.82, 2.24) is 4.90 Å². The Morgan fingerprint density at radius 1 is 0.933 bits per heavy atom. The molecule has 1 heterocycles. The van der Waals surface area contributed by atoms with E-state index in [1.54, 1.807) is 12.1 Å². The second-order valence-electron chi connectivity index (χ2n) is 7.10. The van der Waals surface area contributed by atoms with Gasteiger partial charge in [-0.3, -0.25) is 9.59 Å². The molecule has 0 saturated carbocycles. The Morgan fingerprint density at radius 3 is 2.33 bits per heavy atom. The third-order valence-electron chi connectivity index (χ3n) is 5.15. The number of carbonyl (C=O) groups is 2. The van der Waals surface area contributed by atoms with Crippen LogP contribution in [-0.2, 0) is 17.8 Å². The highest BCUT2D eigenvalue weighted by Crippen LogP contribution is 2.34. The largest absolute Gasteiger partial charge is 0.507 e. The first-order valence-corrected chi connectivity index (χ1v) is 9.77. The Bertz CT molecular complexity index is 1120. The minimum absolute atomic E-state index is 0.0566. The third-order valence-corrected chi connectivity index (χ3v) is 5.45. The van der Waals surface area contributed by atoms with Crippen molar-refractivity contribution in [2.75, 3.05) is 5.32 Å². The third kappa shape index (κ3) is 3.82. The van der Waals surface area contributed by atoms with Crippen molar-refractivity contribution in [2.45, 2.75) is 19.0 Å². The fraction of sp³-hybridized carbons (Fsp3) is 0.130. The number of hydrogen-bond acceptors (Lipinski definition) is 4. The van der Waals surface area contributed by atoms with Crippen molar-refractivity contribution < 1.29 is 19.8 Å². The Morgan fingerprint density at radius 2 is 1.60 bits per heavy atom. The molecule has 1 atom stereocenters. The Balaban J connectivity index is 1.70. The number of carbonyl (C=O) groups excluding carboxylic acids is 2. The van der Waals surface area contributed by atoms with E-state index in [0.29, 0.717) is 12.1 Å². The van der Waals surface area contributed by atoms with Crippen molar-refractivity contribution >= 4 is 29.1 Å². The number of nitrogens with zero attached hydrogens (tertiary/aromatic N) is 1. The van der Waals surface area contributed by atoms with Crippen molar-refractivity contribution in [1.29, 1.82) is 0 Å². The number of fused-ring (bicyclic) bond motifs is 1. The van der Waals surface area contributed by atoms with Gasteiger partial charge in [-0.15, -0.1) is 0 Å². The van der Waals surface area contributed by atoms with Gasteiger partial charge in [0, 0.05) is 24.7 Å². The minimum atomic E-state index is -0.778. The molecule has 7 heteroatoms. The van der Waals surface area contributed by atoms with E-state index >= 15 is 0 Å². The first kappa shape index (κ1) is 19.8. The lowest BCUT2D eigenvalue weighted by Gasteiger charge is -2.36. The molecule has 0 saturated heterocycles. The zero-order valence-corrected chi connectivity index (χ0v) is 16.6. The number of halogens is 1. The van der Waals surface area contributed by atoms with Gasteiger partial charge < -0.3 is 20.4 Å². The van der Waals surface area contributed by atoms with E-state index in [1.807, 2.05) is 42.5 Å². The number of phenols is 2. The summed E-state index contributed by atoms with van der Waals surface area (Å²) >= 11 is 5.94. The summed E-state index contributed by atoms with van der Waals surface area (Å²) in [6.45, 7) is 0.208. The summed E-state index contributed by atoms with van der Waals surface area (Å²) in [5.74, 6) is -1.60. The molecule has 6 nitrogen and oxygen atoms in total. The van der Waals surface area contributed by atoms with E-state index in [-0.39, 0.29) is 28.8 Å². The summed E-state index contributed by atoms with van der Waals surface area (Å²) in [6.07, 6.45) is 0.340. The molecule has 1 aliphatic rings. The molecule has 4 rings (SSSR count). The summed E-state index contributed by atoms with van der Waals surface area (Å²) in [5.41, 5.74) is 2.47. The normalized spacial score (nSPS) is 15.4. The zero-order valence-electron chi connectivity index (χ0n) is 15.9. The molecule has 30 heavy (non-hydrogen) atoms. The van der Waals surface area contributed by atoms with Crippen LogP contribution in [0.2, 0.25) is 5.02 Å². The summed E-state index contributed by atoms with van der Waals surface area (Å²) in [5, 5.41) is 22.7. The second kappa shape index (κ2) is 8.08. The molecule has 0 unspecified atom stereocenters. The van der Waals surface area contributed by atoms with Gasteiger partial charge in [0.15, 0.2) is 0 Å². The average molecular weight is 423 g/mol. The number of benzene rings is 3. The van der Waals surface area contributed by atoms with Crippen LogP contribution >= 0.6 is 11.6 Å². The molecule has 0 bridgehead atoms. The molecule has 0 aromatic heterocycles. The van der Waals surface area contributed by atoms with Crippen LogP contribution in [0, 0.1) is 0 Å². The SMILES string of the molecule is O=C(Nc1ccccc1)[C@@H]1Cc2ccccc2CN1C(=O)c1cc(Cl)c(O)cc1O. The smallest absolute Gasteiger partial charge is 0.258 e. The molecule has 3 aromatic rings. The van der Waals surface area contributed by atoms with E-state index in [1.165, 1.54) is 11.0 Å². The van der Waals surface area contributed by atoms with Gasteiger partial charge in [-0.1, -0.05) is 54.1 Å². The van der Waals surface area contributed by atoms with Gasteiger partial charge in [0.2, 0.25) is 5.91 Å². The Kier molecular flexibility index (Phi) is 5.33. The van der Waals surface area contributed by atoms with Crippen molar-refractivity contribution in [3.63, 3.8) is 0 Å². The van der Waals surface area contributed by atoms with E-state index in [2.05, 4.69) is 5.32 Å². The number of anilines is 1. The standard InChI is InChI=1S/C23H19ClN2O4/c24-18-11-17(20(27)12-21(18)28)23(30)26-13-15-7-5-4-6-14(15)10-19(26)22(29)25-16-8-2-1-3-9-16/h1-9,11-12,19,27-28H,10,13H2,(H,25,29)/t19-/m0/s1. The topological polar surface area (TPSA) is 89.9 Å². The van der Waals surface area contributed by atoms with Crippen LogP contribution in [0.1, 0.15) is 21.5 Å². The Labute approximate surface area is 178 Å². The molecule has 0 fully saturated rings. The molecular formula is C23H19ClN2O4. The second-order valence-corrected chi connectivity index (χ2v) is 7.50. The lowest BCUT2D eigenvalue weighted by Crippen LogP contribution is -2.50. The van der Waals surface area contributed by atoms with Crippen molar-refractivity contribution in [3.8, 4) is 11.5 Å². The maximum atomic E-state index is 13.3. The highest BCUT2D eigenvalue weighted by Gasteiger charge is 2.36. The fourth-order valence-corrected chi connectivity index (χ4v) is 3.76. The van der Waals surface area contributed by atoms with Crippen molar-refractivity contribution in [3.05, 3.63) is 88.4 Å². The van der Waals surface area contributed by atoms with E-state index < -0.39 is 17.7 Å². The van der Waals surface area contributed by atoms with Gasteiger partial charge >= 0.3 is 0 Å². The number of rotatable bonds is 3. The van der Waals surface area contributed by atoms with Gasteiger partial charge in [-0.05, 0) is 29.3 Å². The number of aromatic hydroxyl groups is 2. The molecule has 152 valence electrons. The molecule has 3 N–H and O–H groups in total. The van der Waals surface area contributed by atoms with Gasteiger partial charge in [0.05, 0.1) is 10.6 Å². The summed E-state index contributed by atoms with van der Waals surface area (Å²) < 4.78 is 0. The summed E-state index contributed by atoms with van der Waals surface area (Å²) in [4.78, 5) is 27.8. The monoisotopic (exact) mass is 422 g/mol. The van der Waals surface area contributed by atoms with Gasteiger partial charge in [-0.25, -0.2) is 0 Å². The van der Waals surface area contributed by atoms with Gasteiger partial charge in [-0.2, -0.15) is 0 Å². The van der Waals surface area contributed by atoms with E-state index in [4.69, 9.17) is 11.6 Å². The molecule has 0 radical (unpaired) electrons. The number of nitrogens with one attached hydrogen (secondary N) is 1. The van der Waals surface area contributed by atoms with Crippen LogP contribution in [0.15, 0.2) is 66.7 Å². The lowest BCUT2D eigenvalue weighted by molar-refractivity contribution is -0.121. The predicted octanol–water partition coefficient (Wildman–Crippen LogP) is 3.96. The first-order chi connectivity index (χ1) is 14.4. The molecule has 0 spiro atoms. The van der Waals surface area contributed by atoms with E-state index in [0.717, 1.165) is 17.2 Å². The summed E-state index contributed by atoms with van der Waals surface area (Å²) in [6, 6.07) is 18.1. The van der Waals surface area contributed by atoms with Gasteiger partial charge in [0.25, 0.3) is 5.91 Å². The Hall–Kier alpha value is -3.51. The predicted molar refractivity (Wildman–Crippen MR) is 114 cm³/mol. The zero-order chi connectivity index (χ0) is 21.3. The molecule has 2 amide bonds. The highest BCUT2D eigenvalue weighted by atomic mass is 35.5. The molecule has 0 aliphatic carbocycles. The number of hydrogen-bond donors (Lipinski definition) is 3. The summed E-state index contributed by atoms with van der Waals surface area (Å²) in [7, 11) is 0. The number of phenolic OH excluding ortho intramolecular Hbond substituents is 2. The quantitative estimate of drug-likeness (QED) is 0.596. The van der Waals surface area contributed by atoms with Crippen LogP contribution in [-0.4, -0.2) is 33.0 Å². The maximum Gasteiger partial charge on any atom is 0.258 e. The lowest BCUT2D eigenvalue weighted by atomic mass is 9.92. The number of amides is 2. The van der Waals surface area contributed by atoms with Gasteiger partial charge in [0.1, 0.15) is 17.5 Å². The first-order valence-electron chi connectivity index (χ1n) is 9.39. The molecule has 1 aliphatic heterocycles. The molecule has 3 aromatic carbocycles. The minimum Gasteiger partial charge on any atom is -0.507 e. The van der Waals surface area contributed by atoms with Crippen LogP contribution in [0.3, 0.4) is 0 Å². The highest BCUT2D eigenvalue weighted by molar-refractivity contribution is 6.32. The van der Waals surface area contributed by atoms with Crippen LogP contribution in [0.4, 0.5) is 5.69 Å². The van der Waals surface area contributed by atoms with E-state index in [9.17, 15) is 19.8 Å². The maximum absolute atomic E-state index is 13.3. The molecular weight excluding hydrogens is 404 g/mol. The average Bonchev–Trinajstić information content (AvgIpc) is 2.75. The van der Waals surface area contributed by atoms with Crippen molar-refractivity contribution in [2.24, 2.45) is 0 Å². The fourth-order valence-electron chi connectivity index (χ4n) is 3.59. The van der Waals surface area contributed by atoms with Crippen LogP contribution in [0.5, 0.6) is 11.5 Å². The van der Waals surface area contributed by atoms with Crippen LogP contribution in [0.25, 0.3) is 0 Å².